The van der Waals surface area contributed by atoms with Gasteiger partial charge < -0.3 is 4.74 Å². The van der Waals surface area contributed by atoms with Crippen molar-refractivity contribution in [2.24, 2.45) is 0 Å². The Kier molecular flexibility index (Phi) is 6.08. The minimum absolute atomic E-state index is 0.706. The Hall–Kier alpha value is -2.48. The number of methoxy groups -OCH3 is 1. The van der Waals surface area contributed by atoms with Gasteiger partial charge in [-0.2, -0.15) is 5.10 Å². The number of hydrogen-bond acceptors (Lipinski definition) is 5. The minimum atomic E-state index is 0.706. The third-order valence-electron chi connectivity index (χ3n) is 5.54. The summed E-state index contributed by atoms with van der Waals surface area (Å²) in [6.07, 6.45) is 1.79. The third kappa shape index (κ3) is 4.58. The Balaban J connectivity index is 1.35. The molecular formula is C22H27N5OS. The molecule has 4 rings (SSSR count). The van der Waals surface area contributed by atoms with Gasteiger partial charge in [-0.1, -0.05) is 24.3 Å². The van der Waals surface area contributed by atoms with Crippen molar-refractivity contribution in [3.63, 3.8) is 0 Å². The number of hydrogen-bond donors (Lipinski definition) is 0. The molecule has 6 nitrogen and oxygen atoms in total. The van der Waals surface area contributed by atoms with Crippen LogP contribution < -0.4 is 4.74 Å². The molecule has 0 N–H and O–H groups in total. The van der Waals surface area contributed by atoms with Crippen LogP contribution in [0.25, 0.3) is 5.69 Å². The fraction of sp³-hybridized carbons (Fsp3) is 0.364. The molecule has 1 aliphatic rings. The number of nitrogens with zero attached hydrogens (tertiary/aromatic N) is 5. The quantitative estimate of drug-likeness (QED) is 0.583. The molecule has 3 aromatic rings. The molecule has 1 aliphatic heterocycles. The van der Waals surface area contributed by atoms with Gasteiger partial charge in [0.15, 0.2) is 0 Å². The van der Waals surface area contributed by atoms with E-state index in [2.05, 4.69) is 46.1 Å². The van der Waals surface area contributed by atoms with Crippen molar-refractivity contribution in [2.45, 2.75) is 20.1 Å². The van der Waals surface area contributed by atoms with E-state index in [-0.39, 0.29) is 0 Å². The van der Waals surface area contributed by atoms with Crippen molar-refractivity contribution in [2.75, 3.05) is 33.3 Å². The normalized spacial score (nSPS) is 15.5. The lowest BCUT2D eigenvalue weighted by atomic mass is 10.1. The second-order valence-corrected chi connectivity index (χ2v) is 7.81. The lowest BCUT2D eigenvalue weighted by Crippen LogP contribution is -2.46. The zero-order valence-corrected chi connectivity index (χ0v) is 17.8. The fourth-order valence-electron chi connectivity index (χ4n) is 3.66. The van der Waals surface area contributed by atoms with Gasteiger partial charge >= 0.3 is 0 Å². The van der Waals surface area contributed by atoms with Crippen LogP contribution >= 0.6 is 12.2 Å². The maximum atomic E-state index is 5.66. The van der Waals surface area contributed by atoms with Crippen molar-refractivity contribution < 1.29 is 4.74 Å². The Morgan fingerprint density at radius 1 is 0.966 bits per heavy atom. The molecule has 0 bridgehead atoms. The highest BCUT2D eigenvalue weighted by atomic mass is 32.1. The molecule has 152 valence electrons. The first-order valence-electron chi connectivity index (χ1n) is 9.92. The van der Waals surface area contributed by atoms with Crippen LogP contribution in [-0.2, 0) is 13.2 Å². The SMILES string of the molecule is COc1ccc(-n2cnn(CN3CCN(Cc4ccccc4C)CC3)c2=S)cc1. The van der Waals surface area contributed by atoms with E-state index in [1.165, 1.54) is 11.1 Å². The molecule has 1 saturated heterocycles. The first kappa shape index (κ1) is 19.8. The molecule has 0 radical (unpaired) electrons. The maximum Gasteiger partial charge on any atom is 0.203 e. The average molecular weight is 410 g/mol. The van der Waals surface area contributed by atoms with Crippen molar-refractivity contribution in [3.05, 3.63) is 70.8 Å². The van der Waals surface area contributed by atoms with Crippen molar-refractivity contribution >= 4 is 12.2 Å². The van der Waals surface area contributed by atoms with Crippen LogP contribution in [0.1, 0.15) is 11.1 Å². The largest absolute Gasteiger partial charge is 0.497 e. The molecule has 29 heavy (non-hydrogen) atoms. The van der Waals surface area contributed by atoms with Crippen LogP contribution in [0.2, 0.25) is 0 Å². The lowest BCUT2D eigenvalue weighted by Gasteiger charge is -2.34. The van der Waals surface area contributed by atoms with Gasteiger partial charge in [0.25, 0.3) is 0 Å². The number of ether oxygens (including phenoxy) is 1. The number of rotatable bonds is 6. The Labute approximate surface area is 176 Å². The number of aromatic nitrogens is 3. The Morgan fingerprint density at radius 3 is 2.34 bits per heavy atom. The predicted molar refractivity (Wildman–Crippen MR) is 117 cm³/mol. The second-order valence-electron chi connectivity index (χ2n) is 7.44. The van der Waals surface area contributed by atoms with Gasteiger partial charge in [-0.05, 0) is 54.5 Å². The highest BCUT2D eigenvalue weighted by molar-refractivity contribution is 7.71. The van der Waals surface area contributed by atoms with Crippen LogP contribution in [0.4, 0.5) is 0 Å². The first-order chi connectivity index (χ1) is 14.1. The van der Waals surface area contributed by atoms with Gasteiger partial charge in [0.1, 0.15) is 12.1 Å². The van der Waals surface area contributed by atoms with Crippen molar-refractivity contribution in [1.82, 2.24) is 24.1 Å². The molecule has 0 spiro atoms. The topological polar surface area (TPSA) is 38.5 Å². The average Bonchev–Trinajstić information content (AvgIpc) is 3.11. The van der Waals surface area contributed by atoms with Gasteiger partial charge in [0, 0.05) is 38.4 Å². The summed E-state index contributed by atoms with van der Waals surface area (Å²) in [5, 5.41) is 4.52. The minimum Gasteiger partial charge on any atom is -0.497 e. The Morgan fingerprint density at radius 2 is 1.66 bits per heavy atom. The first-order valence-corrected chi connectivity index (χ1v) is 10.3. The zero-order chi connectivity index (χ0) is 20.2. The smallest absolute Gasteiger partial charge is 0.203 e. The monoisotopic (exact) mass is 409 g/mol. The standard InChI is InChI=1S/C22H27N5OS/c1-18-5-3-4-6-19(18)15-24-11-13-25(14-12-24)17-27-22(29)26(16-23-27)20-7-9-21(28-2)10-8-20/h3-10,16H,11-15,17H2,1-2H3. The van der Waals surface area contributed by atoms with E-state index in [0.29, 0.717) is 4.77 Å². The molecule has 0 aliphatic carbocycles. The van der Waals surface area contributed by atoms with Gasteiger partial charge in [0.2, 0.25) is 4.77 Å². The fourth-order valence-corrected chi connectivity index (χ4v) is 3.92. The van der Waals surface area contributed by atoms with Crippen LogP contribution in [0.15, 0.2) is 54.9 Å². The summed E-state index contributed by atoms with van der Waals surface area (Å²) in [7, 11) is 1.67. The zero-order valence-electron chi connectivity index (χ0n) is 17.0. The molecule has 0 atom stereocenters. The van der Waals surface area contributed by atoms with Crippen LogP contribution in [0.3, 0.4) is 0 Å². The summed E-state index contributed by atoms with van der Waals surface area (Å²) in [5.74, 6) is 0.830. The molecule has 2 aromatic carbocycles. The molecule has 0 unspecified atom stereocenters. The van der Waals surface area contributed by atoms with Crippen LogP contribution in [0.5, 0.6) is 5.75 Å². The molecule has 0 saturated carbocycles. The second kappa shape index (κ2) is 8.90. The maximum absolute atomic E-state index is 5.66. The summed E-state index contributed by atoms with van der Waals surface area (Å²) in [6, 6.07) is 16.5. The van der Waals surface area contributed by atoms with E-state index in [0.717, 1.165) is 50.8 Å². The van der Waals surface area contributed by atoms with Gasteiger partial charge in [-0.15, -0.1) is 0 Å². The number of piperazine rings is 1. The molecule has 0 amide bonds. The predicted octanol–water partition coefficient (Wildman–Crippen LogP) is 3.50. The van der Waals surface area contributed by atoms with Crippen LogP contribution in [0, 0.1) is 11.7 Å². The van der Waals surface area contributed by atoms with E-state index in [9.17, 15) is 0 Å². The molecular weight excluding hydrogens is 382 g/mol. The van der Waals surface area contributed by atoms with Gasteiger partial charge in [-0.25, -0.2) is 4.68 Å². The van der Waals surface area contributed by atoms with Crippen molar-refractivity contribution in [3.8, 4) is 11.4 Å². The summed E-state index contributed by atoms with van der Waals surface area (Å²) >= 11 is 5.66. The molecule has 1 fully saturated rings. The van der Waals surface area contributed by atoms with E-state index >= 15 is 0 Å². The Bertz CT molecular complexity index is 1000. The van der Waals surface area contributed by atoms with Crippen molar-refractivity contribution in [1.29, 1.82) is 0 Å². The van der Waals surface area contributed by atoms with E-state index in [1.54, 1.807) is 13.4 Å². The van der Waals surface area contributed by atoms with E-state index in [4.69, 9.17) is 17.0 Å². The highest BCUT2D eigenvalue weighted by Gasteiger charge is 2.18. The summed E-state index contributed by atoms with van der Waals surface area (Å²) < 4.78 is 9.77. The summed E-state index contributed by atoms with van der Waals surface area (Å²) in [6.45, 7) is 8.08. The van der Waals surface area contributed by atoms with Crippen LogP contribution in [-0.4, -0.2) is 57.4 Å². The number of benzene rings is 2. The molecule has 2 heterocycles. The summed E-state index contributed by atoms with van der Waals surface area (Å²) in [5.41, 5.74) is 3.77. The van der Waals surface area contributed by atoms with Gasteiger partial charge in [0.05, 0.1) is 13.8 Å². The number of aryl methyl sites for hydroxylation is 1. The van der Waals surface area contributed by atoms with E-state index in [1.807, 2.05) is 33.5 Å². The molecule has 7 heteroatoms. The third-order valence-corrected chi connectivity index (χ3v) is 5.95. The summed E-state index contributed by atoms with van der Waals surface area (Å²) in [4.78, 5) is 4.93. The highest BCUT2D eigenvalue weighted by Crippen LogP contribution is 2.16. The van der Waals surface area contributed by atoms with E-state index < -0.39 is 0 Å². The molecule has 1 aromatic heterocycles. The van der Waals surface area contributed by atoms with Gasteiger partial charge in [-0.3, -0.25) is 14.4 Å². The lowest BCUT2D eigenvalue weighted by molar-refractivity contribution is 0.0980.